The fourth-order valence-electron chi connectivity index (χ4n) is 5.04. The standard InChI is InChI=1S/C22H41N5O2S.HI/c1-18-13-19(2)15-27(14-18)20(28)16-25-7-9-26(10-8-25)21(23-3)24-17-22(30-4)5-11-29-12-6-22;/h18-19H,5-17H2,1-4H3,(H,23,24);1H. The summed E-state index contributed by atoms with van der Waals surface area (Å²) in [6, 6.07) is 0. The molecule has 31 heavy (non-hydrogen) atoms. The van der Waals surface area contributed by atoms with Gasteiger partial charge in [-0.05, 0) is 37.4 Å². The summed E-state index contributed by atoms with van der Waals surface area (Å²) >= 11 is 1.95. The third-order valence-corrected chi connectivity index (χ3v) is 8.29. The van der Waals surface area contributed by atoms with E-state index in [2.05, 4.69) is 45.1 Å². The molecule has 7 nitrogen and oxygen atoms in total. The number of nitrogens with one attached hydrogen (secondary N) is 1. The van der Waals surface area contributed by atoms with Gasteiger partial charge in [0, 0.05) is 70.8 Å². The number of carbonyl (C=O) groups is 1. The Morgan fingerprint density at radius 2 is 1.71 bits per heavy atom. The lowest BCUT2D eigenvalue weighted by atomic mass is 9.92. The summed E-state index contributed by atoms with van der Waals surface area (Å²) in [6.07, 6.45) is 5.61. The minimum Gasteiger partial charge on any atom is -0.381 e. The zero-order chi connectivity index (χ0) is 21.6. The van der Waals surface area contributed by atoms with Gasteiger partial charge in [0.25, 0.3) is 0 Å². The van der Waals surface area contributed by atoms with Crippen LogP contribution in [0.3, 0.4) is 0 Å². The minimum atomic E-state index is 0. The Hall–Kier alpha value is -0.260. The molecule has 0 radical (unpaired) electrons. The van der Waals surface area contributed by atoms with Crippen molar-refractivity contribution in [1.82, 2.24) is 20.0 Å². The summed E-state index contributed by atoms with van der Waals surface area (Å²) in [5.41, 5.74) is 0. The second-order valence-electron chi connectivity index (χ2n) is 9.41. The third-order valence-electron chi connectivity index (χ3n) is 6.87. The van der Waals surface area contributed by atoms with Crippen molar-refractivity contribution in [3.8, 4) is 0 Å². The fourth-order valence-corrected chi connectivity index (χ4v) is 5.84. The van der Waals surface area contributed by atoms with Crippen molar-refractivity contribution in [3.63, 3.8) is 0 Å². The highest BCUT2D eigenvalue weighted by molar-refractivity contribution is 14.0. The zero-order valence-electron chi connectivity index (χ0n) is 19.8. The van der Waals surface area contributed by atoms with E-state index in [1.807, 2.05) is 18.8 Å². The van der Waals surface area contributed by atoms with Crippen LogP contribution in [0.25, 0.3) is 0 Å². The molecule has 3 aliphatic heterocycles. The maximum Gasteiger partial charge on any atom is 0.236 e. The third kappa shape index (κ3) is 7.64. The van der Waals surface area contributed by atoms with Gasteiger partial charge in [-0.25, -0.2) is 0 Å². The summed E-state index contributed by atoms with van der Waals surface area (Å²) in [7, 11) is 1.87. The van der Waals surface area contributed by atoms with Crippen molar-refractivity contribution in [2.75, 3.05) is 78.9 Å². The molecule has 1 N–H and O–H groups in total. The molecule has 1 amide bonds. The summed E-state index contributed by atoms with van der Waals surface area (Å²) in [5.74, 6) is 2.51. The molecule has 0 saturated carbocycles. The van der Waals surface area contributed by atoms with E-state index < -0.39 is 0 Å². The van der Waals surface area contributed by atoms with Crippen LogP contribution >= 0.6 is 35.7 Å². The Bertz CT molecular complexity index is 584. The molecule has 0 aromatic carbocycles. The molecule has 0 aliphatic carbocycles. The smallest absolute Gasteiger partial charge is 0.236 e. The Morgan fingerprint density at radius 3 is 2.26 bits per heavy atom. The summed E-state index contributed by atoms with van der Waals surface area (Å²) in [6.45, 7) is 13.2. The first-order valence-electron chi connectivity index (χ1n) is 11.5. The molecule has 0 spiro atoms. The van der Waals surface area contributed by atoms with Gasteiger partial charge >= 0.3 is 0 Å². The number of piperidine rings is 1. The molecule has 3 heterocycles. The lowest BCUT2D eigenvalue weighted by Crippen LogP contribution is -2.56. The number of halogens is 1. The van der Waals surface area contributed by atoms with Gasteiger partial charge < -0.3 is 19.9 Å². The number of thioether (sulfide) groups is 1. The van der Waals surface area contributed by atoms with Gasteiger partial charge in [-0.3, -0.25) is 14.7 Å². The number of aliphatic imine (C=N–C) groups is 1. The number of hydrogen-bond donors (Lipinski definition) is 1. The minimum absolute atomic E-state index is 0. The van der Waals surface area contributed by atoms with E-state index >= 15 is 0 Å². The Labute approximate surface area is 210 Å². The van der Waals surface area contributed by atoms with Gasteiger partial charge in [-0.2, -0.15) is 11.8 Å². The highest BCUT2D eigenvalue weighted by atomic mass is 127. The fraction of sp³-hybridized carbons (Fsp3) is 0.909. The molecule has 0 aromatic heterocycles. The van der Waals surface area contributed by atoms with Crippen molar-refractivity contribution < 1.29 is 9.53 Å². The second kappa shape index (κ2) is 12.8. The number of carbonyl (C=O) groups excluding carboxylic acids is 1. The van der Waals surface area contributed by atoms with Crippen molar-refractivity contribution >= 4 is 47.6 Å². The first-order valence-corrected chi connectivity index (χ1v) is 12.8. The number of hydrogen-bond acceptors (Lipinski definition) is 5. The topological polar surface area (TPSA) is 60.4 Å². The van der Waals surface area contributed by atoms with Crippen LogP contribution in [0, 0.1) is 11.8 Å². The molecular weight excluding hydrogens is 525 g/mol. The number of piperazine rings is 1. The molecule has 3 rings (SSSR count). The van der Waals surface area contributed by atoms with Crippen LogP contribution in [-0.4, -0.2) is 110 Å². The van der Waals surface area contributed by atoms with Gasteiger partial charge in [0.05, 0.1) is 6.54 Å². The van der Waals surface area contributed by atoms with Gasteiger partial charge in [-0.15, -0.1) is 24.0 Å². The van der Waals surface area contributed by atoms with Crippen LogP contribution in [0.15, 0.2) is 4.99 Å². The van der Waals surface area contributed by atoms with Crippen molar-refractivity contribution in [2.45, 2.75) is 37.9 Å². The highest BCUT2D eigenvalue weighted by Crippen LogP contribution is 2.33. The lowest BCUT2D eigenvalue weighted by molar-refractivity contribution is -0.135. The maximum atomic E-state index is 12.8. The summed E-state index contributed by atoms with van der Waals surface area (Å²) in [4.78, 5) is 24.1. The molecule has 9 heteroatoms. The van der Waals surface area contributed by atoms with Crippen LogP contribution in [0.4, 0.5) is 0 Å². The summed E-state index contributed by atoms with van der Waals surface area (Å²) < 4.78 is 5.80. The molecule has 0 bridgehead atoms. The predicted molar refractivity (Wildman–Crippen MR) is 141 cm³/mol. The molecule has 0 aromatic rings. The van der Waals surface area contributed by atoms with E-state index in [-0.39, 0.29) is 28.7 Å². The average molecular weight is 568 g/mol. The van der Waals surface area contributed by atoms with E-state index in [1.165, 1.54) is 6.42 Å². The largest absolute Gasteiger partial charge is 0.381 e. The second-order valence-corrected chi connectivity index (χ2v) is 10.7. The van der Waals surface area contributed by atoms with E-state index in [4.69, 9.17) is 4.74 Å². The number of amides is 1. The normalized spacial score (nSPS) is 27.5. The monoisotopic (exact) mass is 567 g/mol. The zero-order valence-corrected chi connectivity index (χ0v) is 22.9. The first kappa shape index (κ1) is 27.0. The van der Waals surface area contributed by atoms with Crippen molar-refractivity contribution in [2.24, 2.45) is 16.8 Å². The molecule has 2 atom stereocenters. The number of ether oxygens (including phenoxy) is 1. The number of likely N-dealkylation sites (tertiary alicyclic amines) is 1. The van der Waals surface area contributed by atoms with Crippen LogP contribution in [0.2, 0.25) is 0 Å². The molecule has 3 saturated heterocycles. The van der Waals surface area contributed by atoms with E-state index in [0.717, 1.165) is 77.8 Å². The van der Waals surface area contributed by atoms with Gasteiger partial charge in [0.15, 0.2) is 5.96 Å². The van der Waals surface area contributed by atoms with E-state index in [9.17, 15) is 4.79 Å². The van der Waals surface area contributed by atoms with Crippen LogP contribution in [0.5, 0.6) is 0 Å². The Kier molecular flexibility index (Phi) is 11.2. The molecule has 2 unspecified atom stereocenters. The van der Waals surface area contributed by atoms with Crippen LogP contribution in [-0.2, 0) is 9.53 Å². The van der Waals surface area contributed by atoms with Gasteiger partial charge in [0.1, 0.15) is 0 Å². The lowest BCUT2D eigenvalue weighted by Gasteiger charge is -2.40. The van der Waals surface area contributed by atoms with Crippen molar-refractivity contribution in [1.29, 1.82) is 0 Å². The molecule has 180 valence electrons. The molecule has 3 aliphatic rings. The van der Waals surface area contributed by atoms with E-state index in [0.29, 0.717) is 24.3 Å². The maximum absolute atomic E-state index is 12.8. The quantitative estimate of drug-likeness (QED) is 0.313. The summed E-state index contributed by atoms with van der Waals surface area (Å²) in [5, 5.41) is 3.62. The number of rotatable bonds is 5. The van der Waals surface area contributed by atoms with Crippen LogP contribution < -0.4 is 5.32 Å². The predicted octanol–water partition coefficient (Wildman–Crippen LogP) is 2.21. The number of guanidine groups is 1. The SMILES string of the molecule is CN=C(NCC1(SC)CCOCC1)N1CCN(CC(=O)N2CC(C)CC(C)C2)CC1.I. The Morgan fingerprint density at radius 1 is 1.10 bits per heavy atom. The van der Waals surface area contributed by atoms with E-state index in [1.54, 1.807) is 0 Å². The average Bonchev–Trinajstić information content (AvgIpc) is 2.75. The highest BCUT2D eigenvalue weighted by Gasteiger charge is 2.33. The van der Waals surface area contributed by atoms with Crippen LogP contribution in [0.1, 0.15) is 33.1 Å². The molecular formula is C22H42IN5O2S. The van der Waals surface area contributed by atoms with Gasteiger partial charge in [-0.1, -0.05) is 13.8 Å². The number of nitrogens with zero attached hydrogens (tertiary/aromatic N) is 4. The van der Waals surface area contributed by atoms with Crippen molar-refractivity contribution in [3.05, 3.63) is 0 Å². The Balaban J connectivity index is 0.00000341. The first-order chi connectivity index (χ1) is 14.4. The van der Waals surface area contributed by atoms with Gasteiger partial charge in [0.2, 0.25) is 5.91 Å². The molecule has 3 fully saturated rings.